The fourth-order valence-corrected chi connectivity index (χ4v) is 3.29. The van der Waals surface area contributed by atoms with E-state index >= 15 is 0 Å². The largest absolute Gasteiger partial charge is 0.367 e. The van der Waals surface area contributed by atoms with Gasteiger partial charge in [-0.25, -0.2) is 4.68 Å². The van der Waals surface area contributed by atoms with Gasteiger partial charge in [-0.05, 0) is 37.3 Å². The van der Waals surface area contributed by atoms with Gasteiger partial charge in [-0.2, -0.15) is 5.10 Å². The summed E-state index contributed by atoms with van der Waals surface area (Å²) in [7, 11) is 0. The third-order valence-corrected chi connectivity index (χ3v) is 4.63. The van der Waals surface area contributed by atoms with Gasteiger partial charge in [0, 0.05) is 32.4 Å². The first-order valence-corrected chi connectivity index (χ1v) is 8.79. The van der Waals surface area contributed by atoms with Crippen LogP contribution in [0, 0.1) is 6.92 Å². The zero-order valence-corrected chi connectivity index (χ0v) is 14.7. The molecule has 1 saturated heterocycles. The Bertz CT molecular complexity index is 883. The van der Waals surface area contributed by atoms with E-state index in [1.54, 1.807) is 10.9 Å². The Morgan fingerprint density at radius 3 is 2.38 bits per heavy atom. The smallest absolute Gasteiger partial charge is 0.272 e. The Morgan fingerprint density at radius 1 is 0.962 bits per heavy atom. The molecular formula is C20H21N5O. The maximum absolute atomic E-state index is 13.1. The van der Waals surface area contributed by atoms with Crippen molar-refractivity contribution >= 4 is 11.6 Å². The van der Waals surface area contributed by atoms with E-state index in [1.165, 1.54) is 0 Å². The summed E-state index contributed by atoms with van der Waals surface area (Å²) in [6.45, 7) is 4.89. The lowest BCUT2D eigenvalue weighted by molar-refractivity contribution is 0.0737. The molecule has 1 amide bonds. The monoisotopic (exact) mass is 347 g/mol. The Labute approximate surface area is 152 Å². The first kappa shape index (κ1) is 16.3. The van der Waals surface area contributed by atoms with Crippen molar-refractivity contribution in [2.24, 2.45) is 0 Å². The highest BCUT2D eigenvalue weighted by Gasteiger charge is 2.25. The number of aromatic nitrogens is 3. The molecule has 6 heteroatoms. The minimum atomic E-state index is 0.0280. The SMILES string of the molecule is Cc1cc(C(=O)N2CCN(c3cccnc3)CC2)n(-c2ccccc2)n1. The highest BCUT2D eigenvalue weighted by molar-refractivity contribution is 5.93. The molecule has 0 atom stereocenters. The molecule has 3 aromatic rings. The van der Waals surface area contributed by atoms with Crippen LogP contribution in [0.3, 0.4) is 0 Å². The van der Waals surface area contributed by atoms with Gasteiger partial charge in [-0.15, -0.1) is 0 Å². The number of benzene rings is 1. The minimum Gasteiger partial charge on any atom is -0.367 e. The number of amides is 1. The first-order valence-electron chi connectivity index (χ1n) is 8.79. The number of para-hydroxylation sites is 1. The maximum atomic E-state index is 13.1. The molecule has 1 aromatic carbocycles. The second-order valence-electron chi connectivity index (χ2n) is 6.41. The average molecular weight is 347 g/mol. The van der Waals surface area contributed by atoms with Gasteiger partial charge in [-0.3, -0.25) is 9.78 Å². The van der Waals surface area contributed by atoms with Gasteiger partial charge in [-0.1, -0.05) is 18.2 Å². The van der Waals surface area contributed by atoms with Crippen molar-refractivity contribution in [2.75, 3.05) is 31.1 Å². The zero-order chi connectivity index (χ0) is 17.9. The lowest BCUT2D eigenvalue weighted by Crippen LogP contribution is -2.49. The van der Waals surface area contributed by atoms with E-state index in [0.717, 1.165) is 30.2 Å². The van der Waals surface area contributed by atoms with Crippen LogP contribution in [0.25, 0.3) is 5.69 Å². The van der Waals surface area contributed by atoms with Crippen LogP contribution in [0.1, 0.15) is 16.2 Å². The number of carbonyl (C=O) groups excluding carboxylic acids is 1. The molecule has 0 saturated carbocycles. The molecule has 0 N–H and O–H groups in total. The molecule has 132 valence electrons. The van der Waals surface area contributed by atoms with Gasteiger partial charge in [0.15, 0.2) is 0 Å². The van der Waals surface area contributed by atoms with Crippen LogP contribution < -0.4 is 4.90 Å². The summed E-state index contributed by atoms with van der Waals surface area (Å²) in [6, 6.07) is 15.6. The number of nitrogens with zero attached hydrogens (tertiary/aromatic N) is 5. The molecule has 1 aliphatic rings. The number of anilines is 1. The van der Waals surface area contributed by atoms with E-state index in [9.17, 15) is 4.79 Å². The van der Waals surface area contributed by atoms with E-state index in [0.29, 0.717) is 18.8 Å². The maximum Gasteiger partial charge on any atom is 0.272 e. The van der Waals surface area contributed by atoms with E-state index in [4.69, 9.17) is 0 Å². The Hall–Kier alpha value is -3.15. The van der Waals surface area contributed by atoms with E-state index in [-0.39, 0.29) is 5.91 Å². The van der Waals surface area contributed by atoms with Crippen molar-refractivity contribution < 1.29 is 4.79 Å². The number of piperazine rings is 1. The molecule has 6 nitrogen and oxygen atoms in total. The standard InChI is InChI=1S/C20H21N5O/c1-16-14-19(25(22-16)17-6-3-2-4-7-17)20(26)24-12-10-23(11-13-24)18-8-5-9-21-15-18/h2-9,14-15H,10-13H2,1H3. The van der Waals surface area contributed by atoms with Crippen LogP contribution in [0.2, 0.25) is 0 Å². The lowest BCUT2D eigenvalue weighted by atomic mass is 10.2. The highest BCUT2D eigenvalue weighted by atomic mass is 16.2. The van der Waals surface area contributed by atoms with Crippen LogP contribution in [0.15, 0.2) is 60.9 Å². The quantitative estimate of drug-likeness (QED) is 0.731. The number of rotatable bonds is 3. The van der Waals surface area contributed by atoms with Crippen molar-refractivity contribution in [3.63, 3.8) is 0 Å². The van der Waals surface area contributed by atoms with E-state index in [1.807, 2.05) is 60.5 Å². The van der Waals surface area contributed by atoms with Gasteiger partial charge >= 0.3 is 0 Å². The van der Waals surface area contributed by atoms with Crippen LogP contribution in [-0.4, -0.2) is 51.8 Å². The summed E-state index contributed by atoms with van der Waals surface area (Å²) in [5.41, 5.74) is 3.46. The molecule has 2 aromatic heterocycles. The third-order valence-electron chi connectivity index (χ3n) is 4.63. The molecular weight excluding hydrogens is 326 g/mol. The minimum absolute atomic E-state index is 0.0280. The highest BCUT2D eigenvalue weighted by Crippen LogP contribution is 2.18. The number of carbonyl (C=O) groups is 1. The van der Waals surface area contributed by atoms with Crippen molar-refractivity contribution in [3.05, 3.63) is 72.3 Å². The third kappa shape index (κ3) is 3.18. The lowest BCUT2D eigenvalue weighted by Gasteiger charge is -2.35. The van der Waals surface area contributed by atoms with Gasteiger partial charge in [0.25, 0.3) is 5.91 Å². The average Bonchev–Trinajstić information content (AvgIpc) is 3.11. The second-order valence-corrected chi connectivity index (χ2v) is 6.41. The summed E-state index contributed by atoms with van der Waals surface area (Å²) in [4.78, 5) is 21.4. The molecule has 0 spiro atoms. The van der Waals surface area contributed by atoms with Crippen molar-refractivity contribution in [1.82, 2.24) is 19.7 Å². The number of hydrogen-bond donors (Lipinski definition) is 0. The Morgan fingerprint density at radius 2 is 1.69 bits per heavy atom. The summed E-state index contributed by atoms with van der Waals surface area (Å²) < 4.78 is 1.74. The van der Waals surface area contributed by atoms with Crippen LogP contribution in [0.4, 0.5) is 5.69 Å². The molecule has 4 rings (SSSR count). The number of hydrogen-bond acceptors (Lipinski definition) is 4. The fraction of sp³-hybridized carbons (Fsp3) is 0.250. The molecule has 0 aliphatic carbocycles. The van der Waals surface area contributed by atoms with E-state index < -0.39 is 0 Å². The molecule has 3 heterocycles. The predicted molar refractivity (Wildman–Crippen MR) is 101 cm³/mol. The predicted octanol–water partition coefficient (Wildman–Crippen LogP) is 2.54. The summed E-state index contributed by atoms with van der Waals surface area (Å²) in [6.07, 6.45) is 3.64. The Kier molecular flexibility index (Phi) is 4.39. The molecule has 1 fully saturated rings. The number of pyridine rings is 1. The summed E-state index contributed by atoms with van der Waals surface area (Å²) >= 11 is 0. The summed E-state index contributed by atoms with van der Waals surface area (Å²) in [5, 5.41) is 4.51. The van der Waals surface area contributed by atoms with Gasteiger partial charge < -0.3 is 9.80 Å². The van der Waals surface area contributed by atoms with Gasteiger partial charge in [0.05, 0.1) is 23.3 Å². The van der Waals surface area contributed by atoms with Crippen molar-refractivity contribution in [2.45, 2.75) is 6.92 Å². The Balaban J connectivity index is 1.51. The molecule has 0 bridgehead atoms. The van der Waals surface area contributed by atoms with E-state index in [2.05, 4.69) is 21.0 Å². The second kappa shape index (κ2) is 7.00. The van der Waals surface area contributed by atoms with Crippen molar-refractivity contribution in [3.8, 4) is 5.69 Å². The molecule has 0 radical (unpaired) electrons. The van der Waals surface area contributed by atoms with Crippen LogP contribution >= 0.6 is 0 Å². The van der Waals surface area contributed by atoms with Gasteiger partial charge in [0.2, 0.25) is 0 Å². The van der Waals surface area contributed by atoms with Crippen molar-refractivity contribution in [1.29, 1.82) is 0 Å². The van der Waals surface area contributed by atoms with Crippen LogP contribution in [-0.2, 0) is 0 Å². The molecule has 1 aliphatic heterocycles. The number of aryl methyl sites for hydroxylation is 1. The zero-order valence-electron chi connectivity index (χ0n) is 14.7. The first-order chi connectivity index (χ1) is 12.7. The molecule has 0 unspecified atom stereocenters. The molecule has 26 heavy (non-hydrogen) atoms. The fourth-order valence-electron chi connectivity index (χ4n) is 3.29. The van der Waals surface area contributed by atoms with Gasteiger partial charge in [0.1, 0.15) is 5.69 Å². The van der Waals surface area contributed by atoms with Crippen LogP contribution in [0.5, 0.6) is 0 Å². The normalized spacial score (nSPS) is 14.5. The topological polar surface area (TPSA) is 54.3 Å². The summed E-state index contributed by atoms with van der Waals surface area (Å²) in [5.74, 6) is 0.0280.